The number of benzene rings is 2. The fourth-order valence-electron chi connectivity index (χ4n) is 2.61. The van der Waals surface area contributed by atoms with Crippen molar-refractivity contribution in [2.75, 3.05) is 18.5 Å². The van der Waals surface area contributed by atoms with E-state index in [2.05, 4.69) is 26.3 Å². The van der Waals surface area contributed by atoms with Crippen LogP contribution in [0.5, 0.6) is 5.75 Å². The second kappa shape index (κ2) is 11.9. The fraction of sp³-hybridized carbons (Fsp3) is 0.190. The number of halogens is 5. The Morgan fingerprint density at radius 1 is 1.24 bits per heavy atom. The summed E-state index contributed by atoms with van der Waals surface area (Å²) in [6.45, 7) is 0.758. The Morgan fingerprint density at radius 2 is 1.85 bits per heavy atom. The molecule has 0 aliphatic rings. The van der Waals surface area contributed by atoms with Crippen molar-refractivity contribution in [3.8, 4) is 17.0 Å². The number of aromatic nitrogens is 2. The molecule has 0 aliphatic carbocycles. The van der Waals surface area contributed by atoms with Crippen LogP contribution in [-0.2, 0) is 11.8 Å². The quantitative estimate of drug-likeness (QED) is 0.399. The number of carboxylic acid groups (broad SMARTS) is 1. The molecule has 4 N–H and O–H groups in total. The zero-order chi connectivity index (χ0) is 25.5. The van der Waals surface area contributed by atoms with Crippen LogP contribution >= 0.6 is 27.5 Å². The second-order valence-corrected chi connectivity index (χ2v) is 7.90. The first-order valence-electron chi connectivity index (χ1n) is 9.45. The lowest BCUT2D eigenvalue weighted by Gasteiger charge is -2.14. The molecular weight excluding hydrogens is 545 g/mol. The van der Waals surface area contributed by atoms with Crippen LogP contribution in [0.4, 0.5) is 18.9 Å². The molecule has 0 bridgehead atoms. The second-order valence-electron chi connectivity index (χ2n) is 6.58. The van der Waals surface area contributed by atoms with Crippen molar-refractivity contribution in [3.05, 3.63) is 63.7 Å². The summed E-state index contributed by atoms with van der Waals surface area (Å²) in [7, 11) is 1.79. The summed E-state index contributed by atoms with van der Waals surface area (Å²) in [6, 6.07) is 12.5. The van der Waals surface area contributed by atoms with Crippen molar-refractivity contribution in [2.45, 2.75) is 6.18 Å². The lowest BCUT2D eigenvalue weighted by molar-refractivity contribution is -0.192. The van der Waals surface area contributed by atoms with E-state index < -0.39 is 12.1 Å². The molecule has 13 heteroatoms. The average Bonchev–Trinajstić information content (AvgIpc) is 3.10. The van der Waals surface area contributed by atoms with Crippen LogP contribution < -0.4 is 15.8 Å². The molecule has 182 valence electrons. The highest BCUT2D eigenvalue weighted by atomic mass is 79.9. The lowest BCUT2D eigenvalue weighted by Crippen LogP contribution is -2.21. The topological polar surface area (TPSA) is 119 Å². The molecule has 0 radical (unpaired) electrons. The summed E-state index contributed by atoms with van der Waals surface area (Å²) in [6.07, 6.45) is -3.52. The average molecular weight is 564 g/mol. The number of amides is 1. The molecule has 0 unspecified atom stereocenters. The van der Waals surface area contributed by atoms with Gasteiger partial charge in [-0.1, -0.05) is 27.5 Å². The maximum Gasteiger partial charge on any atom is 0.490 e. The van der Waals surface area contributed by atoms with Gasteiger partial charge >= 0.3 is 12.1 Å². The van der Waals surface area contributed by atoms with E-state index in [1.807, 2.05) is 18.2 Å². The summed E-state index contributed by atoms with van der Waals surface area (Å²) in [5.41, 5.74) is 8.15. The van der Waals surface area contributed by atoms with Gasteiger partial charge in [0.1, 0.15) is 12.4 Å². The van der Waals surface area contributed by atoms with Crippen LogP contribution in [0.15, 0.2) is 53.1 Å². The summed E-state index contributed by atoms with van der Waals surface area (Å²) < 4.78 is 40.0. The molecule has 0 spiro atoms. The predicted molar refractivity (Wildman–Crippen MR) is 124 cm³/mol. The third kappa shape index (κ3) is 7.47. The number of carbonyl (C=O) groups excluding carboxylic acids is 1. The van der Waals surface area contributed by atoms with E-state index in [1.54, 1.807) is 42.2 Å². The van der Waals surface area contributed by atoms with E-state index in [1.165, 1.54) is 0 Å². The highest BCUT2D eigenvalue weighted by molar-refractivity contribution is 9.10. The van der Waals surface area contributed by atoms with Crippen molar-refractivity contribution >= 4 is 45.1 Å². The van der Waals surface area contributed by atoms with Gasteiger partial charge in [-0.25, -0.2) is 4.79 Å². The van der Waals surface area contributed by atoms with Crippen molar-refractivity contribution in [1.82, 2.24) is 9.78 Å². The number of nitrogens with two attached hydrogens (primary N) is 1. The highest BCUT2D eigenvalue weighted by Crippen LogP contribution is 2.36. The number of hydrogen-bond acceptors (Lipinski definition) is 5. The molecule has 1 aromatic heterocycles. The van der Waals surface area contributed by atoms with Gasteiger partial charge in [0.15, 0.2) is 0 Å². The van der Waals surface area contributed by atoms with E-state index in [9.17, 15) is 18.0 Å². The minimum atomic E-state index is -5.08. The van der Waals surface area contributed by atoms with Gasteiger partial charge in [0.2, 0.25) is 0 Å². The monoisotopic (exact) mass is 562 g/mol. The molecule has 1 amide bonds. The number of nitrogens with one attached hydrogen (secondary N) is 1. The fourth-order valence-corrected chi connectivity index (χ4v) is 3.14. The van der Waals surface area contributed by atoms with E-state index in [0.29, 0.717) is 40.9 Å². The molecule has 0 fully saturated rings. The normalized spacial score (nSPS) is 10.8. The number of nitrogens with zero attached hydrogens (tertiary/aromatic N) is 2. The molecule has 0 atom stereocenters. The number of ether oxygens (including phenoxy) is 1. The standard InChI is InChI=1S/C19H18BrClN4O2.C2HF3O2/c1-25-18(16(21)11-23-25)15-10-14(6-7-17(15)27-9-8-22)24-19(26)12-2-4-13(20)5-3-12;3-2(4,5)1(6)7/h2-7,10-11H,8-9,22H2,1H3,(H,24,26);(H,6,7). The molecule has 0 saturated heterocycles. The number of carboxylic acids is 1. The summed E-state index contributed by atoms with van der Waals surface area (Å²) in [5, 5.41) is 14.7. The Hall–Kier alpha value is -3.09. The summed E-state index contributed by atoms with van der Waals surface area (Å²) >= 11 is 9.66. The van der Waals surface area contributed by atoms with E-state index in [-0.39, 0.29) is 5.91 Å². The number of anilines is 1. The van der Waals surface area contributed by atoms with Gasteiger partial charge in [-0.15, -0.1) is 0 Å². The van der Waals surface area contributed by atoms with Crippen LogP contribution in [0.2, 0.25) is 5.02 Å². The van der Waals surface area contributed by atoms with Crippen LogP contribution in [0, 0.1) is 0 Å². The number of rotatable bonds is 6. The smallest absolute Gasteiger partial charge is 0.490 e. The van der Waals surface area contributed by atoms with E-state index in [0.717, 1.165) is 10.0 Å². The van der Waals surface area contributed by atoms with Gasteiger partial charge < -0.3 is 20.9 Å². The zero-order valence-corrected chi connectivity index (χ0v) is 19.9. The zero-order valence-electron chi connectivity index (χ0n) is 17.6. The molecule has 3 rings (SSSR count). The Morgan fingerprint density at radius 3 is 2.35 bits per heavy atom. The molecule has 0 saturated carbocycles. The highest BCUT2D eigenvalue weighted by Gasteiger charge is 2.38. The maximum atomic E-state index is 12.5. The summed E-state index contributed by atoms with van der Waals surface area (Å²) in [5.74, 6) is -2.35. The van der Waals surface area contributed by atoms with E-state index in [4.69, 9.17) is 32.0 Å². The van der Waals surface area contributed by atoms with Gasteiger partial charge in [0.25, 0.3) is 5.91 Å². The molecule has 1 heterocycles. The Labute approximate surface area is 205 Å². The first-order valence-corrected chi connectivity index (χ1v) is 10.6. The Kier molecular flexibility index (Phi) is 9.47. The summed E-state index contributed by atoms with van der Waals surface area (Å²) in [4.78, 5) is 21.4. The van der Waals surface area contributed by atoms with Crippen molar-refractivity contribution in [2.24, 2.45) is 12.8 Å². The van der Waals surface area contributed by atoms with Crippen LogP contribution in [0.1, 0.15) is 10.4 Å². The number of aryl methyl sites for hydroxylation is 1. The minimum Gasteiger partial charge on any atom is -0.492 e. The molecule has 0 aliphatic heterocycles. The molecule has 8 nitrogen and oxygen atoms in total. The molecule has 2 aromatic carbocycles. The van der Waals surface area contributed by atoms with Crippen LogP contribution in [0.25, 0.3) is 11.3 Å². The minimum absolute atomic E-state index is 0.208. The first kappa shape index (κ1) is 27.2. The van der Waals surface area contributed by atoms with Gasteiger partial charge in [-0.05, 0) is 42.5 Å². The van der Waals surface area contributed by atoms with Gasteiger partial charge in [-0.3, -0.25) is 9.48 Å². The van der Waals surface area contributed by atoms with Crippen molar-refractivity contribution < 1.29 is 32.6 Å². The van der Waals surface area contributed by atoms with Crippen molar-refractivity contribution in [3.63, 3.8) is 0 Å². The molecule has 34 heavy (non-hydrogen) atoms. The first-order chi connectivity index (χ1) is 15.9. The SMILES string of the molecule is Cn1ncc(Cl)c1-c1cc(NC(=O)c2ccc(Br)cc2)ccc1OCCN.O=C(O)C(F)(F)F. The predicted octanol–water partition coefficient (Wildman–Crippen LogP) is 4.73. The Balaban J connectivity index is 0.000000509. The van der Waals surface area contributed by atoms with Crippen LogP contribution in [0.3, 0.4) is 0 Å². The maximum absolute atomic E-state index is 12.5. The van der Waals surface area contributed by atoms with Gasteiger partial charge in [0.05, 0.1) is 16.9 Å². The molecular formula is C21H19BrClF3N4O4. The van der Waals surface area contributed by atoms with Crippen LogP contribution in [-0.4, -0.2) is 46.1 Å². The number of alkyl halides is 3. The third-order valence-electron chi connectivity index (χ3n) is 4.11. The van der Waals surface area contributed by atoms with E-state index >= 15 is 0 Å². The lowest BCUT2D eigenvalue weighted by atomic mass is 10.1. The van der Waals surface area contributed by atoms with Gasteiger partial charge in [0, 0.05) is 34.9 Å². The number of hydrogen-bond donors (Lipinski definition) is 3. The van der Waals surface area contributed by atoms with Crippen molar-refractivity contribution in [1.29, 1.82) is 0 Å². The third-order valence-corrected chi connectivity index (χ3v) is 4.92. The number of aliphatic carboxylic acids is 1. The Bertz CT molecular complexity index is 1130. The number of carbonyl (C=O) groups is 2. The largest absolute Gasteiger partial charge is 0.492 e. The molecule has 3 aromatic rings. The van der Waals surface area contributed by atoms with Gasteiger partial charge in [-0.2, -0.15) is 18.3 Å².